The minimum Gasteiger partial charge on any atom is -0.0804 e. The first kappa shape index (κ1) is 9.41. The standard InChI is InChI=1S/C14H18Si/c1-15(2,3)14-12-8-9-13(14)11-7-5-4-6-10(11)12/h4-9,12-14H,1-3H3/t12-,13-/m0/s1. The first-order valence-corrected chi connectivity index (χ1v) is 9.44. The molecule has 0 spiro atoms. The van der Waals surface area contributed by atoms with E-state index in [-0.39, 0.29) is 0 Å². The van der Waals surface area contributed by atoms with E-state index in [1.54, 1.807) is 11.1 Å². The van der Waals surface area contributed by atoms with Gasteiger partial charge in [-0.15, -0.1) is 0 Å². The van der Waals surface area contributed by atoms with Gasteiger partial charge in [-0.1, -0.05) is 56.1 Å². The molecule has 0 aliphatic heterocycles. The molecular weight excluding hydrogens is 196 g/mol. The molecule has 0 unspecified atom stereocenters. The van der Waals surface area contributed by atoms with E-state index in [4.69, 9.17) is 0 Å². The van der Waals surface area contributed by atoms with Gasteiger partial charge in [0.15, 0.2) is 0 Å². The van der Waals surface area contributed by atoms with Crippen LogP contribution in [0.2, 0.25) is 25.2 Å². The maximum atomic E-state index is 2.51. The SMILES string of the molecule is C[Si](C)(C)C1[C@H]2C=C[C@H]1c1ccccc12. The van der Waals surface area contributed by atoms with Crippen molar-refractivity contribution in [1.29, 1.82) is 0 Å². The first-order chi connectivity index (χ1) is 7.09. The van der Waals surface area contributed by atoms with Crippen LogP contribution in [0.25, 0.3) is 0 Å². The van der Waals surface area contributed by atoms with Crippen molar-refractivity contribution in [3.63, 3.8) is 0 Å². The van der Waals surface area contributed by atoms with Gasteiger partial charge in [-0.2, -0.15) is 0 Å². The Morgan fingerprint density at radius 1 is 0.867 bits per heavy atom. The topological polar surface area (TPSA) is 0 Å². The first-order valence-electron chi connectivity index (χ1n) is 5.86. The number of hydrogen-bond acceptors (Lipinski definition) is 0. The lowest BCUT2D eigenvalue weighted by atomic mass is 9.97. The van der Waals surface area contributed by atoms with Crippen LogP contribution in [-0.4, -0.2) is 8.07 Å². The minimum atomic E-state index is -1.05. The number of hydrogen-bond donors (Lipinski definition) is 0. The molecule has 0 heterocycles. The minimum absolute atomic E-state index is 0.734. The van der Waals surface area contributed by atoms with Crippen molar-refractivity contribution in [3.8, 4) is 0 Å². The van der Waals surface area contributed by atoms with E-state index in [1.807, 2.05) is 0 Å². The number of benzene rings is 1. The van der Waals surface area contributed by atoms with Crippen molar-refractivity contribution >= 4 is 8.07 Å². The Morgan fingerprint density at radius 2 is 1.33 bits per heavy atom. The molecule has 1 aromatic rings. The molecule has 0 fully saturated rings. The van der Waals surface area contributed by atoms with Gasteiger partial charge in [-0.3, -0.25) is 0 Å². The Kier molecular flexibility index (Phi) is 1.79. The van der Waals surface area contributed by atoms with Gasteiger partial charge in [0.25, 0.3) is 0 Å². The Labute approximate surface area is 93.0 Å². The summed E-state index contributed by atoms with van der Waals surface area (Å²) in [5, 5.41) is 0. The third-order valence-electron chi connectivity index (χ3n) is 4.01. The molecule has 0 aromatic heterocycles. The van der Waals surface area contributed by atoms with Crippen LogP contribution in [0.5, 0.6) is 0 Å². The molecule has 78 valence electrons. The number of fused-ring (bicyclic) bond motifs is 5. The molecule has 0 saturated heterocycles. The number of rotatable bonds is 1. The van der Waals surface area contributed by atoms with Gasteiger partial charge in [0.05, 0.1) is 0 Å². The average molecular weight is 214 g/mol. The smallest absolute Gasteiger partial charge is 0.0494 e. The van der Waals surface area contributed by atoms with Crippen molar-refractivity contribution in [2.75, 3.05) is 0 Å². The fraction of sp³-hybridized carbons (Fsp3) is 0.429. The summed E-state index contributed by atoms with van der Waals surface area (Å²) < 4.78 is 0. The van der Waals surface area contributed by atoms with Crippen LogP contribution < -0.4 is 0 Å². The summed E-state index contributed by atoms with van der Waals surface area (Å²) >= 11 is 0. The predicted molar refractivity (Wildman–Crippen MR) is 68.2 cm³/mol. The zero-order valence-corrected chi connectivity index (χ0v) is 10.7. The van der Waals surface area contributed by atoms with E-state index in [1.165, 1.54) is 0 Å². The summed E-state index contributed by atoms with van der Waals surface area (Å²) in [6.45, 7) is 7.53. The van der Waals surface area contributed by atoms with Crippen LogP contribution in [0.4, 0.5) is 0 Å². The summed E-state index contributed by atoms with van der Waals surface area (Å²) in [6.07, 6.45) is 4.91. The molecule has 0 radical (unpaired) electrons. The molecule has 0 nitrogen and oxygen atoms in total. The summed E-state index contributed by atoms with van der Waals surface area (Å²) in [6, 6.07) is 9.04. The predicted octanol–water partition coefficient (Wildman–Crippen LogP) is 4.15. The van der Waals surface area contributed by atoms with Crippen LogP contribution >= 0.6 is 0 Å². The van der Waals surface area contributed by atoms with Gasteiger partial charge in [-0.25, -0.2) is 0 Å². The molecule has 0 N–H and O–H groups in total. The second kappa shape index (κ2) is 2.85. The summed E-state index contributed by atoms with van der Waals surface area (Å²) in [5.41, 5.74) is 4.13. The second-order valence-electron chi connectivity index (χ2n) is 5.96. The van der Waals surface area contributed by atoms with Gasteiger partial charge in [0, 0.05) is 19.9 Å². The third kappa shape index (κ3) is 1.19. The summed E-state index contributed by atoms with van der Waals surface area (Å²) in [4.78, 5) is 0. The molecular formula is C14H18Si. The van der Waals surface area contributed by atoms with Crippen molar-refractivity contribution in [3.05, 3.63) is 47.5 Å². The van der Waals surface area contributed by atoms with E-state index in [9.17, 15) is 0 Å². The lowest BCUT2D eigenvalue weighted by Crippen LogP contribution is -2.30. The fourth-order valence-corrected chi connectivity index (χ4v) is 6.23. The second-order valence-corrected chi connectivity index (χ2v) is 11.4. The highest BCUT2D eigenvalue weighted by Gasteiger charge is 2.47. The maximum absolute atomic E-state index is 2.51. The van der Waals surface area contributed by atoms with E-state index in [0.717, 1.165) is 17.4 Å². The summed E-state index contributed by atoms with van der Waals surface area (Å²) in [7, 11) is -1.05. The third-order valence-corrected chi connectivity index (χ3v) is 6.73. The molecule has 2 bridgehead atoms. The number of allylic oxidation sites excluding steroid dienone is 2. The van der Waals surface area contributed by atoms with Crippen molar-refractivity contribution < 1.29 is 0 Å². The van der Waals surface area contributed by atoms with Crippen LogP contribution in [0.3, 0.4) is 0 Å². The summed E-state index contributed by atoms with van der Waals surface area (Å²) in [5.74, 6) is 1.47. The Hall–Kier alpha value is -0.823. The van der Waals surface area contributed by atoms with Crippen LogP contribution in [-0.2, 0) is 0 Å². The lowest BCUT2D eigenvalue weighted by molar-refractivity contribution is 0.766. The van der Waals surface area contributed by atoms with Gasteiger partial charge >= 0.3 is 0 Å². The molecule has 1 aromatic carbocycles. The molecule has 2 aliphatic rings. The largest absolute Gasteiger partial charge is 0.0804 e. The van der Waals surface area contributed by atoms with Crippen molar-refractivity contribution in [2.45, 2.75) is 37.0 Å². The molecule has 0 saturated carbocycles. The quantitative estimate of drug-likeness (QED) is 0.487. The Morgan fingerprint density at radius 3 is 1.73 bits per heavy atom. The fourth-order valence-electron chi connectivity index (χ4n) is 3.49. The highest BCUT2D eigenvalue weighted by Crippen LogP contribution is 2.59. The van der Waals surface area contributed by atoms with Gasteiger partial charge in [-0.05, 0) is 16.7 Å². The Bertz CT molecular complexity index is 392. The molecule has 0 amide bonds. The van der Waals surface area contributed by atoms with Gasteiger partial charge < -0.3 is 0 Å². The molecule has 15 heavy (non-hydrogen) atoms. The van der Waals surface area contributed by atoms with Crippen molar-refractivity contribution in [2.24, 2.45) is 0 Å². The van der Waals surface area contributed by atoms with E-state index >= 15 is 0 Å². The lowest BCUT2D eigenvalue weighted by Gasteiger charge is -2.29. The zero-order chi connectivity index (χ0) is 10.6. The van der Waals surface area contributed by atoms with E-state index in [0.29, 0.717) is 0 Å². The van der Waals surface area contributed by atoms with E-state index < -0.39 is 8.07 Å². The highest BCUT2D eigenvalue weighted by atomic mass is 28.3. The molecule has 3 rings (SSSR count). The molecule has 2 aliphatic carbocycles. The molecule has 1 heteroatoms. The van der Waals surface area contributed by atoms with Crippen molar-refractivity contribution in [1.82, 2.24) is 0 Å². The Balaban J connectivity index is 2.11. The maximum Gasteiger partial charge on any atom is 0.0494 e. The average Bonchev–Trinajstić information content (AvgIpc) is 2.73. The van der Waals surface area contributed by atoms with E-state index in [2.05, 4.69) is 56.1 Å². The van der Waals surface area contributed by atoms with Gasteiger partial charge in [0.1, 0.15) is 0 Å². The monoisotopic (exact) mass is 214 g/mol. The zero-order valence-electron chi connectivity index (χ0n) is 9.70. The molecule has 2 atom stereocenters. The van der Waals surface area contributed by atoms with Gasteiger partial charge in [0.2, 0.25) is 0 Å². The highest BCUT2D eigenvalue weighted by molar-refractivity contribution is 6.78. The van der Waals surface area contributed by atoms with Crippen LogP contribution in [0, 0.1) is 0 Å². The van der Waals surface area contributed by atoms with Crippen LogP contribution in [0.15, 0.2) is 36.4 Å². The van der Waals surface area contributed by atoms with Crippen LogP contribution in [0.1, 0.15) is 23.0 Å². The normalized spacial score (nSPS) is 32.1.